The van der Waals surface area contributed by atoms with E-state index < -0.39 is 89.4 Å². The molecule has 8 heterocycles. The molecule has 0 unspecified atom stereocenters. The molecule has 0 radical (unpaired) electrons. The van der Waals surface area contributed by atoms with Crippen LogP contribution in [-0.4, -0.2) is 118 Å². The summed E-state index contributed by atoms with van der Waals surface area (Å²) >= 11 is 20.0. The molecule has 4 aromatic carbocycles. The van der Waals surface area contributed by atoms with Crippen molar-refractivity contribution in [3.8, 4) is 39.5 Å². The number of sulfonamides is 1. The first-order chi connectivity index (χ1) is 51.8. The van der Waals surface area contributed by atoms with E-state index in [0.717, 1.165) is 43.9 Å². The molecule has 7 aromatic heterocycles. The van der Waals surface area contributed by atoms with Crippen molar-refractivity contribution in [2.75, 3.05) is 6.54 Å². The Kier molecular flexibility index (Phi) is 25.0. The molecule has 11 aromatic rings. The maximum absolute atomic E-state index is 14.8. The minimum atomic E-state index is -4.18. The number of benzene rings is 4. The minimum Gasteiger partial charge on any atom is -0.484 e. The van der Waals surface area contributed by atoms with Crippen LogP contribution in [0.3, 0.4) is 0 Å². The number of nitrogens with zero attached hydrogens (tertiary/aromatic N) is 9. The zero-order chi connectivity index (χ0) is 80.0. The van der Waals surface area contributed by atoms with Gasteiger partial charge in [0.2, 0.25) is 44.3 Å². The molecule has 1 saturated heterocycles. The lowest BCUT2D eigenvalue weighted by molar-refractivity contribution is -0.876. The Morgan fingerprint density at radius 1 is 0.755 bits per heavy atom. The molecule has 5 atom stereocenters. The number of pyridine rings is 3. The Labute approximate surface area is 652 Å². The van der Waals surface area contributed by atoms with Crippen LogP contribution in [0.2, 0.25) is 5.02 Å². The minimum absolute atomic E-state index is 0.0278. The summed E-state index contributed by atoms with van der Waals surface area (Å²) in [5, 5.41) is 38.5. The quantitative estimate of drug-likeness (QED) is 0.0174. The number of fused-ring (bicyclic) bond motifs is 3. The maximum Gasteiger partial charge on any atom is 0.408 e. The van der Waals surface area contributed by atoms with Crippen LogP contribution < -0.4 is 24.8 Å². The van der Waals surface area contributed by atoms with Gasteiger partial charge >= 0.3 is 22.5 Å². The molecule has 3 aliphatic rings. The molecule has 3 fully saturated rings. The van der Waals surface area contributed by atoms with E-state index in [1.54, 1.807) is 67.5 Å². The maximum atomic E-state index is 14.8. The zero-order valence-electron chi connectivity index (χ0n) is 61.7. The van der Waals surface area contributed by atoms with Gasteiger partial charge in [-0.25, -0.2) is 23.2 Å². The third-order valence-electron chi connectivity index (χ3n) is 18.1. The summed E-state index contributed by atoms with van der Waals surface area (Å²) < 4.78 is 72.0. The van der Waals surface area contributed by atoms with Crippen LogP contribution in [0.15, 0.2) is 176 Å². The molecule has 28 nitrogen and oxygen atoms in total. The lowest BCUT2D eigenvalue weighted by atomic mass is 9.85. The predicted molar refractivity (Wildman–Crippen MR) is 414 cm³/mol. The summed E-state index contributed by atoms with van der Waals surface area (Å²) in [6.07, 6.45) is 0.956. The van der Waals surface area contributed by atoms with Gasteiger partial charge in [0.15, 0.2) is 17.1 Å². The Hall–Kier alpha value is -10.3. The smallest absolute Gasteiger partial charge is 0.408 e. The highest BCUT2D eigenvalue weighted by molar-refractivity contribution is 8.24. The number of nitro groups is 1. The highest BCUT2D eigenvalue weighted by atomic mass is 36.0. The molecule has 4 amide bonds. The number of carbonyl (C=O) groups excluding carboxylic acids is 4. The Balaban J connectivity index is 0.000000207. The number of aryl methyl sites for hydroxylation is 5. The van der Waals surface area contributed by atoms with Crippen LogP contribution in [0.25, 0.3) is 67.1 Å². The van der Waals surface area contributed by atoms with Crippen molar-refractivity contribution in [1.82, 2.24) is 50.9 Å². The van der Waals surface area contributed by atoms with Gasteiger partial charge in [-0.15, -0.1) is 6.58 Å². The fourth-order valence-corrected chi connectivity index (χ4v) is 14.2. The molecule has 2 saturated carbocycles. The summed E-state index contributed by atoms with van der Waals surface area (Å²) in [4.78, 5) is 77.0. The molecule has 578 valence electrons. The summed E-state index contributed by atoms with van der Waals surface area (Å²) in [7, 11) is -4.18. The van der Waals surface area contributed by atoms with Crippen molar-refractivity contribution in [3.05, 3.63) is 207 Å². The number of halogens is 4. The third-order valence-corrected chi connectivity index (χ3v) is 20.5. The molecular formula is C76H80Cl4N12O16PS+. The van der Waals surface area contributed by atoms with Crippen LogP contribution in [-0.2, 0) is 40.1 Å². The van der Waals surface area contributed by atoms with E-state index in [2.05, 4.69) is 85.8 Å². The fourth-order valence-electron chi connectivity index (χ4n) is 12.4. The summed E-state index contributed by atoms with van der Waals surface area (Å²) in [6, 6.07) is 43.0. The van der Waals surface area contributed by atoms with E-state index >= 15 is 0 Å². The van der Waals surface area contributed by atoms with Crippen LogP contribution in [0, 0.1) is 56.1 Å². The SMILES string of the molecule is C=C[C@@H]1C[C@]1(NC(=O)[C@@H]1C[C@@H](Oc2cc(-c3ccccc3)nc3c(C)noc23)CN1C(=O)[C@@H](NC(=O)OC(C)(C)C)C(C)(C)C)C(=O)NS(=O)(=O)C1(Cc2ccccc2)CC1.Cc1noc(C)c1[N+](=O)[O-].Cc1noc2c(Cl)cc(-c3ccccc3)nc12.Cc1noc2ccc(-c3ccccc3)[n+](O)c12.O=P(Cl)(Cl)Cl. The fraction of sp³-hybridized carbons (Fsp3) is 0.329. The first-order valence-electron chi connectivity index (χ1n) is 34.4. The number of hydrogen-bond donors (Lipinski definition) is 4. The van der Waals surface area contributed by atoms with Crippen LogP contribution >= 0.6 is 50.5 Å². The second kappa shape index (κ2) is 33.5. The molecule has 4 N–H and O–H groups in total. The average Bonchev–Trinajstić information content (AvgIpc) is 1.56. The van der Waals surface area contributed by atoms with Crippen LogP contribution in [0.1, 0.15) is 101 Å². The van der Waals surface area contributed by atoms with Gasteiger partial charge in [-0.3, -0.25) is 39.0 Å². The van der Waals surface area contributed by atoms with Gasteiger partial charge in [0.1, 0.15) is 51.7 Å². The normalized spacial score (nSPS) is 17.3. The van der Waals surface area contributed by atoms with Crippen LogP contribution in [0.4, 0.5) is 10.5 Å². The van der Waals surface area contributed by atoms with Crippen molar-refractivity contribution >= 4 is 123 Å². The standard InChI is InChI=1S/C45H54N6O9S.C13H9ClN2O.C13H11N2O2.C5H6N2O3.Cl3OP/c1-9-30-25-45(30,40(54)50-61(56,57)44(20-21-44)24-28-16-12-10-13-17-28)48-38(52)33-22-31(26-51(33)39(53)37(42(3,4)5)47-41(55)59-43(6,7)8)58-34-23-32(29-18-14-11-15-19-29)46-35-27(2)49-60-36(34)35;1-8-12-13(17-16-8)10(14)7-11(15-12)9-5-3-2-4-6-9;1-9-13-12(17-14-9)8-7-11(15(13)16)10-5-3-2-4-6-10;1-3-5(7(8)9)4(2)10-6-3;1-5(2,3)4/h9-19,23,30-31,33,37H,1,20-22,24-26H2,2-8H3,(H,47,55)(H,48,52)(H,50,54);2-7H,1H3;2-8,16H,1H3;1-2H3;/q;;+1;;/t30-,31-,33+,37-,45-;;;;/m1..../s1. The average molecular weight is 1620 g/mol. The highest BCUT2D eigenvalue weighted by Crippen LogP contribution is 2.61. The van der Waals surface area contributed by atoms with E-state index in [1.807, 2.05) is 140 Å². The first kappa shape index (κ1) is 82.2. The van der Waals surface area contributed by atoms with Crippen molar-refractivity contribution in [2.45, 2.75) is 142 Å². The third kappa shape index (κ3) is 19.6. The first-order valence-corrected chi connectivity index (χ1v) is 40.7. The van der Waals surface area contributed by atoms with Gasteiger partial charge in [-0.2, -0.15) is 0 Å². The molecule has 1 aliphatic heterocycles. The van der Waals surface area contributed by atoms with E-state index in [-0.39, 0.29) is 42.8 Å². The number of alkyl carbamates (subject to hydrolysis) is 1. The van der Waals surface area contributed by atoms with E-state index in [1.165, 1.54) is 24.8 Å². The molecule has 0 bridgehead atoms. The number of likely N-dealkylation sites (tertiary alicyclic amines) is 1. The summed E-state index contributed by atoms with van der Waals surface area (Å²) in [6.45, 7) is 22.7. The van der Waals surface area contributed by atoms with Gasteiger partial charge in [0.25, 0.3) is 11.6 Å². The van der Waals surface area contributed by atoms with E-state index in [9.17, 15) is 47.5 Å². The number of amides is 4. The van der Waals surface area contributed by atoms with Gasteiger partial charge in [-0.05, 0) is 143 Å². The summed E-state index contributed by atoms with van der Waals surface area (Å²) in [5.41, 5.74) is 7.85. The number of hydrogen-bond acceptors (Lipinski definition) is 22. The lowest BCUT2D eigenvalue weighted by Gasteiger charge is -2.36. The summed E-state index contributed by atoms with van der Waals surface area (Å²) in [5.74, 6) is -2.20. The zero-order valence-corrected chi connectivity index (χ0v) is 66.4. The highest BCUT2D eigenvalue weighted by Gasteiger charge is 2.64. The Morgan fingerprint density at radius 3 is 1.77 bits per heavy atom. The van der Waals surface area contributed by atoms with Crippen molar-refractivity contribution in [2.24, 2.45) is 11.3 Å². The number of carbonyl (C=O) groups is 4. The van der Waals surface area contributed by atoms with E-state index in [0.29, 0.717) is 74.3 Å². The second-order valence-electron chi connectivity index (χ2n) is 28.5. The molecule has 0 spiro atoms. The number of nitrogens with one attached hydrogen (secondary N) is 3. The molecular weight excluding hydrogens is 1540 g/mol. The predicted octanol–water partition coefficient (Wildman–Crippen LogP) is 16.0. The topological polar surface area (TPSA) is 374 Å². The molecule has 110 heavy (non-hydrogen) atoms. The van der Waals surface area contributed by atoms with Crippen molar-refractivity contribution in [1.29, 1.82) is 0 Å². The lowest BCUT2D eigenvalue weighted by Crippen LogP contribution is -2.60. The van der Waals surface area contributed by atoms with Crippen molar-refractivity contribution in [3.63, 3.8) is 0 Å². The second-order valence-corrected chi connectivity index (χ2v) is 37.7. The van der Waals surface area contributed by atoms with E-state index in [4.69, 9.17) is 39.6 Å². The van der Waals surface area contributed by atoms with Crippen LogP contribution in [0.5, 0.6) is 5.75 Å². The monoisotopic (exact) mass is 1620 g/mol. The number of aromatic nitrogens is 7. The number of rotatable bonds is 16. The Morgan fingerprint density at radius 2 is 1.27 bits per heavy atom. The molecule has 2 aliphatic carbocycles. The Bertz CT molecular complexity index is 5350. The van der Waals surface area contributed by atoms with Crippen molar-refractivity contribution < 1.29 is 74.6 Å². The van der Waals surface area contributed by atoms with Gasteiger partial charge < -0.3 is 43.1 Å². The molecule has 34 heteroatoms. The molecule has 14 rings (SSSR count). The largest absolute Gasteiger partial charge is 0.484 e. The van der Waals surface area contributed by atoms with Gasteiger partial charge in [0, 0.05) is 47.3 Å². The van der Waals surface area contributed by atoms with Gasteiger partial charge in [0.05, 0.1) is 38.2 Å². The van der Waals surface area contributed by atoms with Gasteiger partial charge in [-0.1, -0.05) is 168 Å². The number of ether oxygens (including phenoxy) is 2.